The Balaban J connectivity index is -0.000000189. The van der Waals surface area contributed by atoms with Gasteiger partial charge in [-0.25, -0.2) is 0 Å². The standard InChI is InChI=1S/C7H8N.C2H6.CH3.K/c1-8-7-5-3-2-4-6-7;1-2;;/h3-6,8H,1H3;1-2H3;1H3;/q-1;;-1;+1. The average Bonchev–Trinajstić information content (AvgIpc) is 2.10. The molecule has 0 amide bonds. The van der Waals surface area contributed by atoms with E-state index in [0.29, 0.717) is 0 Å². The molecule has 0 heterocycles. The second kappa shape index (κ2) is 14.2. The zero-order valence-corrected chi connectivity index (χ0v) is 11.9. The van der Waals surface area contributed by atoms with Crippen molar-refractivity contribution in [2.75, 3.05) is 12.4 Å². The van der Waals surface area contributed by atoms with Crippen molar-refractivity contribution in [3.63, 3.8) is 0 Å². The van der Waals surface area contributed by atoms with E-state index in [2.05, 4.69) is 11.4 Å². The maximum Gasteiger partial charge on any atom is 1.00 e. The van der Waals surface area contributed by atoms with E-state index < -0.39 is 0 Å². The Morgan fingerprint density at radius 3 is 1.83 bits per heavy atom. The molecule has 2 heteroatoms. The van der Waals surface area contributed by atoms with Crippen LogP contribution >= 0.6 is 0 Å². The Hall–Kier alpha value is 0.656. The van der Waals surface area contributed by atoms with Crippen molar-refractivity contribution in [2.45, 2.75) is 13.8 Å². The largest absolute Gasteiger partial charge is 1.00 e. The summed E-state index contributed by atoms with van der Waals surface area (Å²) in [5.41, 5.74) is 1.13. The Morgan fingerprint density at radius 2 is 1.58 bits per heavy atom. The van der Waals surface area contributed by atoms with E-state index in [4.69, 9.17) is 0 Å². The van der Waals surface area contributed by atoms with Gasteiger partial charge >= 0.3 is 51.4 Å². The first-order valence-electron chi connectivity index (χ1n) is 3.57. The van der Waals surface area contributed by atoms with Crippen LogP contribution in [0.2, 0.25) is 0 Å². The van der Waals surface area contributed by atoms with Crippen LogP contribution in [-0.4, -0.2) is 7.05 Å². The summed E-state index contributed by atoms with van der Waals surface area (Å²) in [6, 6.07) is 10.6. The molecule has 0 atom stereocenters. The molecule has 0 aliphatic rings. The third-order valence-electron chi connectivity index (χ3n) is 1.01. The van der Waals surface area contributed by atoms with E-state index in [1.54, 1.807) is 0 Å². The van der Waals surface area contributed by atoms with Gasteiger partial charge in [-0.1, -0.05) is 19.5 Å². The summed E-state index contributed by atoms with van der Waals surface area (Å²) in [5, 5.41) is 3.01. The van der Waals surface area contributed by atoms with E-state index in [1.165, 1.54) is 0 Å². The Morgan fingerprint density at radius 1 is 1.17 bits per heavy atom. The van der Waals surface area contributed by atoms with Crippen LogP contribution in [0.25, 0.3) is 0 Å². The van der Waals surface area contributed by atoms with Crippen molar-refractivity contribution in [3.8, 4) is 0 Å². The van der Waals surface area contributed by atoms with Crippen molar-refractivity contribution in [1.29, 1.82) is 0 Å². The first-order valence-corrected chi connectivity index (χ1v) is 3.57. The third kappa shape index (κ3) is 8.75. The summed E-state index contributed by atoms with van der Waals surface area (Å²) in [5.74, 6) is 0. The maximum atomic E-state index is 3.01. The SMILES string of the molecule is CC.CNc1cc[c-]cc1.[CH3-].[K+]. The predicted octanol–water partition coefficient (Wildman–Crippen LogP) is 0.00898. The molecule has 0 aliphatic carbocycles. The average molecular weight is 190 g/mol. The molecule has 0 spiro atoms. The molecule has 0 unspecified atom stereocenters. The Labute approximate surface area is 119 Å². The number of benzene rings is 1. The molecule has 0 aromatic heterocycles. The van der Waals surface area contributed by atoms with Gasteiger partial charge in [-0.15, -0.1) is 12.1 Å². The van der Waals surface area contributed by atoms with Crippen molar-refractivity contribution < 1.29 is 51.4 Å². The summed E-state index contributed by atoms with van der Waals surface area (Å²) < 4.78 is 0. The third-order valence-corrected chi connectivity index (χ3v) is 1.01. The van der Waals surface area contributed by atoms with Crippen LogP contribution in [-0.2, 0) is 0 Å². The summed E-state index contributed by atoms with van der Waals surface area (Å²) >= 11 is 0. The van der Waals surface area contributed by atoms with Gasteiger partial charge in [0, 0.05) is 7.05 Å². The van der Waals surface area contributed by atoms with Crippen LogP contribution in [0.5, 0.6) is 0 Å². The number of hydrogen-bond donors (Lipinski definition) is 1. The van der Waals surface area contributed by atoms with E-state index in [1.807, 2.05) is 45.2 Å². The minimum absolute atomic E-state index is 0. The van der Waals surface area contributed by atoms with Gasteiger partial charge in [0.1, 0.15) is 0 Å². The van der Waals surface area contributed by atoms with Crippen molar-refractivity contribution in [1.82, 2.24) is 0 Å². The number of nitrogens with one attached hydrogen (secondary N) is 1. The molecule has 1 aromatic carbocycles. The monoisotopic (exact) mass is 190 g/mol. The fourth-order valence-electron chi connectivity index (χ4n) is 0.554. The first kappa shape index (κ1) is 18.4. The maximum absolute atomic E-state index is 3.01. The van der Waals surface area contributed by atoms with E-state index in [0.717, 1.165) is 5.69 Å². The second-order valence-corrected chi connectivity index (χ2v) is 1.54. The van der Waals surface area contributed by atoms with Crippen LogP contribution < -0.4 is 56.7 Å². The fraction of sp³-hybridized carbons (Fsp3) is 0.300. The van der Waals surface area contributed by atoms with E-state index in [-0.39, 0.29) is 58.8 Å². The van der Waals surface area contributed by atoms with Crippen LogP contribution in [0.3, 0.4) is 0 Å². The van der Waals surface area contributed by atoms with Gasteiger partial charge in [-0.3, -0.25) is 0 Å². The topological polar surface area (TPSA) is 12.0 Å². The van der Waals surface area contributed by atoms with E-state index in [9.17, 15) is 0 Å². The quantitative estimate of drug-likeness (QED) is 0.486. The molecule has 0 fully saturated rings. The molecule has 64 valence electrons. The minimum atomic E-state index is 0. The molecule has 1 rings (SSSR count). The van der Waals surface area contributed by atoms with Gasteiger partial charge in [-0.05, 0) is 0 Å². The summed E-state index contributed by atoms with van der Waals surface area (Å²) in [6.07, 6.45) is 0. The minimum Gasteiger partial charge on any atom is -0.409 e. The van der Waals surface area contributed by atoms with Crippen LogP contribution in [0.1, 0.15) is 13.8 Å². The smallest absolute Gasteiger partial charge is 0.409 e. The first-order chi connectivity index (χ1) is 4.93. The molecule has 0 radical (unpaired) electrons. The predicted molar refractivity (Wildman–Crippen MR) is 52.6 cm³/mol. The van der Waals surface area contributed by atoms with Crippen LogP contribution in [0.15, 0.2) is 24.3 Å². The van der Waals surface area contributed by atoms with Gasteiger partial charge in [0.2, 0.25) is 0 Å². The van der Waals surface area contributed by atoms with Crippen molar-refractivity contribution >= 4 is 5.69 Å². The summed E-state index contributed by atoms with van der Waals surface area (Å²) in [6.45, 7) is 4.00. The zero-order chi connectivity index (χ0) is 7.82. The zero-order valence-electron chi connectivity index (χ0n) is 8.81. The molecule has 1 N–H and O–H groups in total. The van der Waals surface area contributed by atoms with Crippen LogP contribution in [0, 0.1) is 13.5 Å². The Kier molecular flexibility index (Phi) is 21.8. The van der Waals surface area contributed by atoms with Crippen molar-refractivity contribution in [3.05, 3.63) is 37.8 Å². The molecular formula is C10H17KN-. The van der Waals surface area contributed by atoms with Gasteiger partial charge in [-0.2, -0.15) is 18.2 Å². The normalized spacial score (nSPS) is 6.25. The molecule has 0 saturated carbocycles. The van der Waals surface area contributed by atoms with Crippen LogP contribution in [0.4, 0.5) is 5.69 Å². The molecule has 0 aliphatic heterocycles. The van der Waals surface area contributed by atoms with Gasteiger partial charge in [0.15, 0.2) is 0 Å². The molecule has 12 heavy (non-hydrogen) atoms. The molecular weight excluding hydrogens is 173 g/mol. The number of anilines is 1. The molecule has 1 nitrogen and oxygen atoms in total. The summed E-state index contributed by atoms with van der Waals surface area (Å²) in [4.78, 5) is 0. The van der Waals surface area contributed by atoms with E-state index >= 15 is 0 Å². The number of rotatable bonds is 1. The molecule has 0 bridgehead atoms. The van der Waals surface area contributed by atoms with Gasteiger partial charge in [0.25, 0.3) is 0 Å². The number of hydrogen-bond acceptors (Lipinski definition) is 1. The van der Waals surface area contributed by atoms with Gasteiger partial charge in [0.05, 0.1) is 0 Å². The molecule has 1 aromatic rings. The molecule has 0 saturated heterocycles. The fourth-order valence-corrected chi connectivity index (χ4v) is 0.554. The Bertz CT molecular complexity index is 151. The van der Waals surface area contributed by atoms with Gasteiger partial charge < -0.3 is 12.7 Å². The summed E-state index contributed by atoms with van der Waals surface area (Å²) in [7, 11) is 1.90. The second-order valence-electron chi connectivity index (χ2n) is 1.54. The van der Waals surface area contributed by atoms with Crippen molar-refractivity contribution in [2.24, 2.45) is 0 Å².